The summed E-state index contributed by atoms with van der Waals surface area (Å²) in [7, 11) is 6.25. The Labute approximate surface area is 220 Å². The number of benzene rings is 3. The van der Waals surface area contributed by atoms with E-state index in [0.29, 0.717) is 39.3 Å². The Kier molecular flexibility index (Phi) is 8.05. The Balaban J connectivity index is 1.62. The molecule has 0 bridgehead atoms. The molecule has 2 N–H and O–H groups in total. The van der Waals surface area contributed by atoms with Gasteiger partial charge in [0.25, 0.3) is 0 Å². The average Bonchev–Trinajstić information content (AvgIpc) is 3.36. The van der Waals surface area contributed by atoms with Gasteiger partial charge in [0.2, 0.25) is 5.75 Å². The molecule has 0 amide bonds. The number of anilines is 1. The van der Waals surface area contributed by atoms with E-state index in [9.17, 15) is 4.79 Å². The molecule has 0 saturated carbocycles. The third-order valence-corrected chi connectivity index (χ3v) is 6.09. The van der Waals surface area contributed by atoms with E-state index in [1.165, 1.54) is 6.08 Å². The highest BCUT2D eigenvalue weighted by Gasteiger charge is 2.13. The van der Waals surface area contributed by atoms with Gasteiger partial charge in [0.15, 0.2) is 17.3 Å². The van der Waals surface area contributed by atoms with Gasteiger partial charge in [-0.25, -0.2) is 0 Å². The van der Waals surface area contributed by atoms with Crippen LogP contribution in [0.3, 0.4) is 0 Å². The van der Waals surface area contributed by atoms with E-state index in [0.717, 1.165) is 22.0 Å². The van der Waals surface area contributed by atoms with Crippen LogP contribution in [0.15, 0.2) is 67.0 Å². The number of aromatic nitrogens is 1. The van der Waals surface area contributed by atoms with E-state index in [2.05, 4.69) is 10.3 Å². The number of aromatic amines is 1. The fourth-order valence-corrected chi connectivity index (χ4v) is 4.19. The summed E-state index contributed by atoms with van der Waals surface area (Å²) in [5.41, 5.74) is 3.83. The lowest BCUT2D eigenvalue weighted by Gasteiger charge is -2.13. The number of nitrogens with one attached hydrogen (secondary N) is 2. The Morgan fingerprint density at radius 1 is 0.892 bits per heavy atom. The number of allylic oxidation sites excluding steroid dienone is 1. The Morgan fingerprint density at radius 3 is 2.27 bits per heavy atom. The van der Waals surface area contributed by atoms with Crippen LogP contribution in [0, 0.1) is 0 Å². The summed E-state index contributed by atoms with van der Waals surface area (Å²) in [4.78, 5) is 15.9. The van der Waals surface area contributed by atoms with Crippen LogP contribution in [0.5, 0.6) is 23.0 Å². The van der Waals surface area contributed by atoms with Crippen LogP contribution in [0.2, 0.25) is 5.02 Å². The van der Waals surface area contributed by atoms with E-state index in [4.69, 9.17) is 30.5 Å². The second-order valence-electron chi connectivity index (χ2n) is 7.96. The van der Waals surface area contributed by atoms with Crippen molar-refractivity contribution in [2.24, 2.45) is 0 Å². The maximum atomic E-state index is 12.8. The van der Waals surface area contributed by atoms with Crippen LogP contribution in [0.25, 0.3) is 23.1 Å². The first-order chi connectivity index (χ1) is 18.0. The van der Waals surface area contributed by atoms with E-state index in [1.54, 1.807) is 53.0 Å². The zero-order valence-electron chi connectivity index (χ0n) is 20.9. The lowest BCUT2D eigenvalue weighted by molar-refractivity contribution is 0.104. The summed E-state index contributed by atoms with van der Waals surface area (Å²) >= 11 is 6.41. The minimum atomic E-state index is -0.125. The number of ether oxygens (including phenoxy) is 4. The van der Waals surface area contributed by atoms with Gasteiger partial charge in [-0.05, 0) is 35.4 Å². The second-order valence-corrected chi connectivity index (χ2v) is 8.36. The third kappa shape index (κ3) is 5.57. The molecule has 3 aromatic carbocycles. The molecule has 0 aliphatic carbocycles. The van der Waals surface area contributed by atoms with Crippen molar-refractivity contribution in [3.63, 3.8) is 0 Å². The highest BCUT2D eigenvalue weighted by atomic mass is 35.5. The molecule has 0 radical (unpaired) electrons. The molecule has 0 aliphatic heterocycles. The van der Waals surface area contributed by atoms with Gasteiger partial charge in [0.05, 0.1) is 33.5 Å². The largest absolute Gasteiger partial charge is 0.495 e. The van der Waals surface area contributed by atoms with Crippen LogP contribution in [0.4, 0.5) is 5.69 Å². The number of carbonyl (C=O) groups is 1. The van der Waals surface area contributed by atoms with Crippen LogP contribution >= 0.6 is 11.6 Å². The first kappa shape index (κ1) is 25.7. The topological polar surface area (TPSA) is 81.8 Å². The van der Waals surface area contributed by atoms with Gasteiger partial charge in [-0.2, -0.15) is 0 Å². The Morgan fingerprint density at radius 2 is 1.59 bits per heavy atom. The van der Waals surface area contributed by atoms with E-state index in [-0.39, 0.29) is 5.78 Å². The van der Waals surface area contributed by atoms with Crippen LogP contribution in [-0.4, -0.2) is 39.2 Å². The standard InChI is InChI=1S/C29H27ClN2O5/c1-34-26-16-24(31-12-11-25(33)21-17-32-23-8-6-5-7-20(21)23)19(15-22(26)30)10-9-18-13-27(35-2)29(37-4)28(14-18)36-3/h5-17,31-32H,1-4H3/b10-9?,12-11-. The minimum Gasteiger partial charge on any atom is -0.495 e. The van der Waals surface area contributed by atoms with Gasteiger partial charge in [-0.15, -0.1) is 0 Å². The zero-order valence-corrected chi connectivity index (χ0v) is 21.7. The van der Waals surface area contributed by atoms with E-state index in [1.807, 2.05) is 48.6 Å². The maximum Gasteiger partial charge on any atom is 0.203 e. The molecule has 8 heteroatoms. The summed E-state index contributed by atoms with van der Waals surface area (Å²) in [6.45, 7) is 0. The highest BCUT2D eigenvalue weighted by molar-refractivity contribution is 6.32. The fourth-order valence-electron chi connectivity index (χ4n) is 3.94. The van der Waals surface area contributed by atoms with E-state index < -0.39 is 0 Å². The Hall–Kier alpha value is -4.36. The molecular formula is C29H27ClN2O5. The summed E-state index contributed by atoms with van der Waals surface area (Å²) in [6, 6.07) is 14.9. The number of ketones is 1. The molecule has 0 unspecified atom stereocenters. The molecule has 4 aromatic rings. The van der Waals surface area contributed by atoms with Gasteiger partial charge < -0.3 is 29.2 Å². The van der Waals surface area contributed by atoms with Gasteiger partial charge in [-0.1, -0.05) is 42.0 Å². The van der Waals surface area contributed by atoms with Crippen molar-refractivity contribution in [1.82, 2.24) is 4.98 Å². The lowest BCUT2D eigenvalue weighted by Crippen LogP contribution is -1.97. The molecule has 0 fully saturated rings. The third-order valence-electron chi connectivity index (χ3n) is 5.79. The first-order valence-corrected chi connectivity index (χ1v) is 11.8. The van der Waals surface area contributed by atoms with Gasteiger partial charge >= 0.3 is 0 Å². The van der Waals surface area contributed by atoms with Crippen molar-refractivity contribution in [2.75, 3.05) is 33.8 Å². The molecule has 1 heterocycles. The number of methoxy groups -OCH3 is 4. The van der Waals surface area contributed by atoms with Crippen molar-refractivity contribution in [2.45, 2.75) is 0 Å². The zero-order chi connectivity index (χ0) is 26.4. The number of halogens is 1. The summed E-state index contributed by atoms with van der Waals surface area (Å²) < 4.78 is 21.7. The number of H-pyrrole nitrogens is 1. The molecule has 0 spiro atoms. The summed E-state index contributed by atoms with van der Waals surface area (Å²) in [6.07, 6.45) is 8.60. The number of rotatable bonds is 10. The van der Waals surface area contributed by atoms with Crippen LogP contribution < -0.4 is 24.3 Å². The quantitative estimate of drug-likeness (QED) is 0.136. The SMILES string of the molecule is COc1cc(N/C=C\C(=O)c2c[nH]c3ccccc23)c(C=Cc2cc(OC)c(OC)c(OC)c2)cc1Cl. The highest BCUT2D eigenvalue weighted by Crippen LogP contribution is 2.39. The predicted molar refractivity (Wildman–Crippen MR) is 148 cm³/mol. The van der Waals surface area contributed by atoms with E-state index >= 15 is 0 Å². The van der Waals surface area contributed by atoms with Gasteiger partial charge in [-0.3, -0.25) is 4.79 Å². The van der Waals surface area contributed by atoms with Crippen LogP contribution in [-0.2, 0) is 0 Å². The molecule has 1 aromatic heterocycles. The number of hydrogen-bond donors (Lipinski definition) is 2. The molecule has 0 aliphatic rings. The van der Waals surface area contributed by atoms with Crippen molar-refractivity contribution in [3.05, 3.63) is 88.7 Å². The molecule has 37 heavy (non-hydrogen) atoms. The molecule has 4 rings (SSSR count). The monoisotopic (exact) mass is 518 g/mol. The minimum absolute atomic E-state index is 0.125. The predicted octanol–water partition coefficient (Wildman–Crippen LogP) is 6.83. The summed E-state index contributed by atoms with van der Waals surface area (Å²) in [5.74, 6) is 1.99. The van der Waals surface area contributed by atoms with Gasteiger partial charge in [0, 0.05) is 46.7 Å². The first-order valence-electron chi connectivity index (χ1n) is 11.4. The van der Waals surface area contributed by atoms with Crippen molar-refractivity contribution in [3.8, 4) is 23.0 Å². The fraction of sp³-hybridized carbons (Fsp3) is 0.138. The van der Waals surface area contributed by atoms with Crippen molar-refractivity contribution < 1.29 is 23.7 Å². The number of carbonyl (C=O) groups excluding carboxylic acids is 1. The smallest absolute Gasteiger partial charge is 0.203 e. The molecular weight excluding hydrogens is 492 g/mol. The van der Waals surface area contributed by atoms with Crippen LogP contribution in [0.1, 0.15) is 21.5 Å². The van der Waals surface area contributed by atoms with Crippen molar-refractivity contribution in [1.29, 1.82) is 0 Å². The normalized spacial score (nSPS) is 11.3. The summed E-state index contributed by atoms with van der Waals surface area (Å²) in [5, 5.41) is 4.51. The molecule has 7 nitrogen and oxygen atoms in total. The molecule has 0 atom stereocenters. The average molecular weight is 519 g/mol. The Bertz CT molecular complexity index is 1460. The van der Waals surface area contributed by atoms with Gasteiger partial charge in [0.1, 0.15) is 5.75 Å². The lowest BCUT2D eigenvalue weighted by atomic mass is 10.1. The number of hydrogen-bond acceptors (Lipinski definition) is 6. The molecule has 0 saturated heterocycles. The molecule has 190 valence electrons. The number of fused-ring (bicyclic) bond motifs is 1. The second kappa shape index (κ2) is 11.6. The number of para-hydroxylation sites is 1. The van der Waals surface area contributed by atoms with Crippen molar-refractivity contribution >= 4 is 46.1 Å². The maximum absolute atomic E-state index is 12.8.